The number of Topliss-reactive ketones (excluding diaryl/α,β-unsaturated/α-hetero) is 1. The van der Waals surface area contributed by atoms with E-state index < -0.39 is 0 Å². The van der Waals surface area contributed by atoms with E-state index in [1.54, 1.807) is 0 Å². The SMILES string of the molecule is O=C1C2(CCC13CC3Cl)CC2Cl. The fraction of sp³-hybridized carbons (Fsp3) is 0.889. The lowest BCUT2D eigenvalue weighted by Crippen LogP contribution is -2.19. The average Bonchev–Trinajstić information content (AvgIpc) is 2.83. The smallest absolute Gasteiger partial charge is 0.148 e. The van der Waals surface area contributed by atoms with Crippen LogP contribution in [-0.4, -0.2) is 16.5 Å². The maximum atomic E-state index is 11.9. The largest absolute Gasteiger partial charge is 0.298 e. The molecule has 0 radical (unpaired) electrons. The molecule has 0 bridgehead atoms. The monoisotopic (exact) mass is 204 g/mol. The molecule has 4 atom stereocenters. The van der Waals surface area contributed by atoms with Crippen molar-refractivity contribution in [2.24, 2.45) is 10.8 Å². The van der Waals surface area contributed by atoms with Crippen LogP contribution in [0.2, 0.25) is 0 Å². The van der Waals surface area contributed by atoms with E-state index in [1.165, 1.54) is 0 Å². The maximum absolute atomic E-state index is 11.9. The Labute approximate surface area is 81.4 Å². The molecule has 0 aliphatic heterocycles. The van der Waals surface area contributed by atoms with Crippen molar-refractivity contribution in [2.75, 3.05) is 0 Å². The molecule has 0 aromatic carbocycles. The minimum absolute atomic E-state index is 0.119. The van der Waals surface area contributed by atoms with E-state index >= 15 is 0 Å². The zero-order valence-corrected chi connectivity index (χ0v) is 8.16. The van der Waals surface area contributed by atoms with E-state index in [-0.39, 0.29) is 21.6 Å². The Bertz CT molecular complexity index is 252. The molecule has 12 heavy (non-hydrogen) atoms. The lowest BCUT2D eigenvalue weighted by atomic mass is 9.99. The van der Waals surface area contributed by atoms with Gasteiger partial charge in [0.1, 0.15) is 5.78 Å². The molecule has 3 heteroatoms. The highest BCUT2D eigenvalue weighted by Gasteiger charge is 2.74. The molecule has 2 spiro atoms. The minimum Gasteiger partial charge on any atom is -0.298 e. The van der Waals surface area contributed by atoms with Gasteiger partial charge in [0.05, 0.1) is 0 Å². The molecule has 0 saturated heterocycles. The van der Waals surface area contributed by atoms with E-state index in [0.29, 0.717) is 5.78 Å². The average molecular weight is 205 g/mol. The van der Waals surface area contributed by atoms with Crippen molar-refractivity contribution < 1.29 is 4.79 Å². The predicted octanol–water partition coefficient (Wildman–Crippen LogP) is 2.34. The first-order valence-electron chi connectivity index (χ1n) is 4.45. The molecule has 3 fully saturated rings. The molecule has 0 N–H and O–H groups in total. The summed E-state index contributed by atoms with van der Waals surface area (Å²) in [5, 5.41) is 0.239. The van der Waals surface area contributed by atoms with E-state index in [2.05, 4.69) is 0 Å². The summed E-state index contributed by atoms with van der Waals surface area (Å²) in [7, 11) is 0. The number of hydrogen-bond acceptors (Lipinski definition) is 1. The Hall–Kier alpha value is 0.250. The van der Waals surface area contributed by atoms with Gasteiger partial charge >= 0.3 is 0 Å². The van der Waals surface area contributed by atoms with E-state index in [0.717, 1.165) is 25.7 Å². The molecule has 3 aliphatic rings. The summed E-state index contributed by atoms with van der Waals surface area (Å²) in [6.45, 7) is 0. The summed E-state index contributed by atoms with van der Waals surface area (Å²) in [6.07, 6.45) is 3.78. The normalized spacial score (nSPS) is 61.7. The zero-order chi connectivity index (χ0) is 8.56. The second-order valence-electron chi connectivity index (χ2n) is 4.48. The molecule has 0 aromatic rings. The van der Waals surface area contributed by atoms with Crippen molar-refractivity contribution in [1.82, 2.24) is 0 Å². The lowest BCUT2D eigenvalue weighted by molar-refractivity contribution is -0.125. The number of rotatable bonds is 0. The van der Waals surface area contributed by atoms with Crippen molar-refractivity contribution in [3.63, 3.8) is 0 Å². The van der Waals surface area contributed by atoms with Crippen LogP contribution >= 0.6 is 23.2 Å². The third-order valence-electron chi connectivity index (χ3n) is 3.89. The predicted molar refractivity (Wildman–Crippen MR) is 47.6 cm³/mol. The third-order valence-corrected chi connectivity index (χ3v) is 5.03. The summed E-state index contributed by atoms with van der Waals surface area (Å²) >= 11 is 12.0. The van der Waals surface area contributed by atoms with Gasteiger partial charge in [-0.15, -0.1) is 23.2 Å². The van der Waals surface area contributed by atoms with Gasteiger partial charge in [-0.25, -0.2) is 0 Å². The first kappa shape index (κ1) is 7.64. The molecular weight excluding hydrogens is 195 g/mol. The van der Waals surface area contributed by atoms with Crippen LogP contribution in [0.3, 0.4) is 0 Å². The van der Waals surface area contributed by atoms with Crippen molar-refractivity contribution in [1.29, 1.82) is 0 Å². The van der Waals surface area contributed by atoms with E-state index in [9.17, 15) is 4.79 Å². The van der Waals surface area contributed by atoms with Gasteiger partial charge in [-0.2, -0.15) is 0 Å². The number of carbonyl (C=O) groups excluding carboxylic acids is 1. The first-order valence-corrected chi connectivity index (χ1v) is 5.32. The number of alkyl halides is 2. The second-order valence-corrected chi connectivity index (χ2v) is 5.54. The van der Waals surface area contributed by atoms with E-state index in [1.807, 2.05) is 0 Å². The van der Waals surface area contributed by atoms with Crippen LogP contribution in [0.25, 0.3) is 0 Å². The summed E-state index contributed by atoms with van der Waals surface area (Å²) in [6, 6.07) is 0. The molecule has 1 nitrogen and oxygen atoms in total. The Morgan fingerprint density at radius 1 is 1.08 bits per heavy atom. The van der Waals surface area contributed by atoms with Gasteiger partial charge in [-0.05, 0) is 25.7 Å². The highest BCUT2D eigenvalue weighted by atomic mass is 35.5. The van der Waals surface area contributed by atoms with Gasteiger partial charge in [-0.3, -0.25) is 4.79 Å². The molecule has 66 valence electrons. The minimum atomic E-state index is -0.120. The van der Waals surface area contributed by atoms with Crippen molar-refractivity contribution in [3.8, 4) is 0 Å². The van der Waals surface area contributed by atoms with Gasteiger partial charge in [0.15, 0.2) is 0 Å². The Morgan fingerprint density at radius 2 is 1.42 bits per heavy atom. The summed E-state index contributed by atoms with van der Waals surface area (Å²) in [4.78, 5) is 11.9. The fourth-order valence-electron chi connectivity index (χ4n) is 2.68. The number of halogens is 2. The van der Waals surface area contributed by atoms with Gasteiger partial charge in [0, 0.05) is 21.6 Å². The van der Waals surface area contributed by atoms with Crippen LogP contribution in [0.4, 0.5) is 0 Å². The number of hydrogen-bond donors (Lipinski definition) is 0. The standard InChI is InChI=1S/C9H10Cl2O/c10-5-3-8(5)1-2-9(7(8)12)4-6(9)11/h5-6H,1-4H2. The van der Waals surface area contributed by atoms with Gasteiger partial charge in [-0.1, -0.05) is 0 Å². The highest BCUT2D eigenvalue weighted by molar-refractivity contribution is 6.30. The molecule has 0 heterocycles. The zero-order valence-electron chi connectivity index (χ0n) is 6.65. The quantitative estimate of drug-likeness (QED) is 0.554. The van der Waals surface area contributed by atoms with Crippen molar-refractivity contribution in [3.05, 3.63) is 0 Å². The summed E-state index contributed by atoms with van der Waals surface area (Å²) in [5.41, 5.74) is -0.240. The fourth-order valence-corrected chi connectivity index (χ4v) is 3.65. The Balaban J connectivity index is 1.94. The third kappa shape index (κ3) is 0.632. The lowest BCUT2D eigenvalue weighted by Gasteiger charge is -2.05. The van der Waals surface area contributed by atoms with Crippen molar-refractivity contribution >= 4 is 29.0 Å². The van der Waals surface area contributed by atoms with Crippen LogP contribution in [0.5, 0.6) is 0 Å². The summed E-state index contributed by atoms with van der Waals surface area (Å²) in [5.74, 6) is 0.384. The van der Waals surface area contributed by atoms with Crippen LogP contribution in [0.15, 0.2) is 0 Å². The molecule has 3 rings (SSSR count). The van der Waals surface area contributed by atoms with Crippen LogP contribution < -0.4 is 0 Å². The van der Waals surface area contributed by atoms with Gasteiger partial charge < -0.3 is 0 Å². The van der Waals surface area contributed by atoms with E-state index in [4.69, 9.17) is 23.2 Å². The van der Waals surface area contributed by atoms with Gasteiger partial charge in [0.2, 0.25) is 0 Å². The van der Waals surface area contributed by atoms with Crippen LogP contribution in [0, 0.1) is 10.8 Å². The maximum Gasteiger partial charge on any atom is 0.148 e. The molecule has 3 aliphatic carbocycles. The molecule has 3 saturated carbocycles. The molecule has 0 aromatic heterocycles. The number of carbonyl (C=O) groups is 1. The Kier molecular flexibility index (Phi) is 1.18. The molecule has 0 amide bonds. The second kappa shape index (κ2) is 1.85. The van der Waals surface area contributed by atoms with Crippen LogP contribution in [-0.2, 0) is 4.79 Å². The van der Waals surface area contributed by atoms with Crippen LogP contribution in [0.1, 0.15) is 25.7 Å². The molecular formula is C9H10Cl2O. The topological polar surface area (TPSA) is 17.1 Å². The van der Waals surface area contributed by atoms with Crippen molar-refractivity contribution in [2.45, 2.75) is 36.4 Å². The first-order chi connectivity index (χ1) is 5.62. The summed E-state index contributed by atoms with van der Waals surface area (Å²) < 4.78 is 0. The number of ketones is 1. The highest BCUT2D eigenvalue weighted by Crippen LogP contribution is 2.71. The van der Waals surface area contributed by atoms with Gasteiger partial charge in [0.25, 0.3) is 0 Å². The molecule has 4 unspecified atom stereocenters. The Morgan fingerprint density at radius 3 is 1.58 bits per heavy atom.